The number of hydrogen-bond acceptors (Lipinski definition) is 4. The number of rotatable bonds is 5. The van der Waals surface area contributed by atoms with E-state index < -0.39 is 18.2 Å². The van der Waals surface area contributed by atoms with Crippen molar-refractivity contribution < 1.29 is 24.2 Å². The van der Waals surface area contributed by atoms with Gasteiger partial charge >= 0.3 is 5.97 Å². The highest BCUT2D eigenvalue weighted by atomic mass is 127. The molecule has 0 aliphatic carbocycles. The van der Waals surface area contributed by atoms with Gasteiger partial charge in [0.15, 0.2) is 17.3 Å². The van der Waals surface area contributed by atoms with Crippen LogP contribution in [0.2, 0.25) is 0 Å². The van der Waals surface area contributed by atoms with Crippen LogP contribution < -0.4 is 9.47 Å². The van der Waals surface area contributed by atoms with Crippen molar-refractivity contribution >= 4 is 34.3 Å². The molecule has 0 saturated carbocycles. The highest BCUT2D eigenvalue weighted by Gasteiger charge is 2.16. The van der Waals surface area contributed by atoms with Crippen molar-refractivity contribution in [2.45, 2.75) is 6.42 Å². The summed E-state index contributed by atoms with van der Waals surface area (Å²) in [5, 5.41) is 8.56. The van der Waals surface area contributed by atoms with Crippen LogP contribution in [0.4, 0.5) is 0 Å². The molecule has 17 heavy (non-hydrogen) atoms. The zero-order valence-corrected chi connectivity index (χ0v) is 11.5. The minimum atomic E-state index is -1.15. The van der Waals surface area contributed by atoms with Crippen LogP contribution in [0.5, 0.6) is 11.5 Å². The maximum absolute atomic E-state index is 11.6. The molecule has 0 aromatic heterocycles. The molecule has 1 N–H and O–H groups in total. The Kier molecular flexibility index (Phi) is 4.73. The minimum Gasteiger partial charge on any atom is -0.493 e. The summed E-state index contributed by atoms with van der Waals surface area (Å²) >= 11 is 2.00. The van der Waals surface area contributed by atoms with Crippen molar-refractivity contribution in [3.05, 3.63) is 21.3 Å². The normalized spacial score (nSPS) is 9.82. The molecule has 0 saturated heterocycles. The van der Waals surface area contributed by atoms with Crippen LogP contribution in [0.1, 0.15) is 16.8 Å². The lowest BCUT2D eigenvalue weighted by atomic mass is 10.1. The summed E-state index contributed by atoms with van der Waals surface area (Å²) in [5.74, 6) is -0.677. The smallest absolute Gasteiger partial charge is 0.311 e. The summed E-state index contributed by atoms with van der Waals surface area (Å²) in [5.41, 5.74) is 0.300. The molecule has 1 rings (SSSR count). The van der Waals surface area contributed by atoms with Crippen LogP contribution in [-0.4, -0.2) is 31.1 Å². The van der Waals surface area contributed by atoms with Gasteiger partial charge in [-0.3, -0.25) is 9.59 Å². The first kappa shape index (κ1) is 13.8. The van der Waals surface area contributed by atoms with Gasteiger partial charge in [0.2, 0.25) is 0 Å². The fourth-order valence-corrected chi connectivity index (χ4v) is 2.14. The van der Waals surface area contributed by atoms with Crippen molar-refractivity contribution in [3.63, 3.8) is 0 Å². The van der Waals surface area contributed by atoms with Gasteiger partial charge in [-0.2, -0.15) is 0 Å². The van der Waals surface area contributed by atoms with Crippen LogP contribution in [0.15, 0.2) is 12.1 Å². The van der Waals surface area contributed by atoms with Crippen molar-refractivity contribution in [2.75, 3.05) is 14.2 Å². The Hall–Kier alpha value is -1.31. The SMILES string of the molecule is COc1cc(C(=O)CC(=O)O)cc(I)c1OC. The van der Waals surface area contributed by atoms with E-state index in [1.54, 1.807) is 6.07 Å². The number of Topliss-reactive ketones (excluding diaryl/α,β-unsaturated/α-hetero) is 1. The monoisotopic (exact) mass is 350 g/mol. The third kappa shape index (κ3) is 3.32. The van der Waals surface area contributed by atoms with E-state index in [0.29, 0.717) is 20.6 Å². The largest absolute Gasteiger partial charge is 0.493 e. The average molecular weight is 350 g/mol. The lowest BCUT2D eigenvalue weighted by molar-refractivity contribution is -0.135. The predicted molar refractivity (Wildman–Crippen MR) is 68.8 cm³/mol. The fourth-order valence-electron chi connectivity index (χ4n) is 1.32. The molecule has 1 aromatic carbocycles. The first-order valence-corrected chi connectivity index (χ1v) is 5.74. The van der Waals surface area contributed by atoms with Crippen molar-refractivity contribution in [3.8, 4) is 11.5 Å². The second-order valence-electron chi connectivity index (χ2n) is 3.19. The average Bonchev–Trinajstić information content (AvgIpc) is 2.26. The van der Waals surface area contributed by atoms with Gasteiger partial charge in [-0.1, -0.05) is 0 Å². The Bertz CT molecular complexity index is 455. The molecule has 5 nitrogen and oxygen atoms in total. The number of ketones is 1. The molecule has 0 unspecified atom stereocenters. The van der Waals surface area contributed by atoms with E-state index in [1.807, 2.05) is 22.6 Å². The molecule has 0 spiro atoms. The molecule has 1 aromatic rings. The Labute approximate surface area is 112 Å². The lowest BCUT2D eigenvalue weighted by Crippen LogP contribution is -2.08. The molecular formula is C11H11IO5. The van der Waals surface area contributed by atoms with Gasteiger partial charge < -0.3 is 14.6 Å². The van der Waals surface area contributed by atoms with E-state index in [-0.39, 0.29) is 0 Å². The molecule has 92 valence electrons. The molecule has 0 atom stereocenters. The highest BCUT2D eigenvalue weighted by molar-refractivity contribution is 14.1. The molecule has 6 heteroatoms. The highest BCUT2D eigenvalue weighted by Crippen LogP contribution is 2.33. The molecule has 0 aliphatic heterocycles. The second-order valence-corrected chi connectivity index (χ2v) is 4.35. The van der Waals surface area contributed by atoms with E-state index in [0.717, 1.165) is 0 Å². The van der Waals surface area contributed by atoms with Crippen LogP contribution in [0.3, 0.4) is 0 Å². The standard InChI is InChI=1S/C11H11IO5/c1-16-9-4-6(8(13)5-10(14)15)3-7(12)11(9)17-2/h3-4H,5H2,1-2H3,(H,14,15). The number of carbonyl (C=O) groups excluding carboxylic acids is 1. The third-order valence-corrected chi connectivity index (χ3v) is 2.87. The summed E-state index contributed by atoms with van der Waals surface area (Å²) in [7, 11) is 2.96. The Morgan fingerprint density at radius 1 is 1.29 bits per heavy atom. The third-order valence-electron chi connectivity index (χ3n) is 2.07. The molecule has 0 radical (unpaired) electrons. The van der Waals surface area contributed by atoms with Gasteiger partial charge in [-0.15, -0.1) is 0 Å². The second kappa shape index (κ2) is 5.85. The number of carboxylic acids is 1. The topological polar surface area (TPSA) is 72.8 Å². The summed E-state index contributed by atoms with van der Waals surface area (Å²) in [6.45, 7) is 0. The molecule has 0 bridgehead atoms. The van der Waals surface area contributed by atoms with Crippen LogP contribution in [0, 0.1) is 3.57 Å². The van der Waals surface area contributed by atoms with Gasteiger partial charge in [-0.05, 0) is 34.7 Å². The maximum Gasteiger partial charge on any atom is 0.311 e. The van der Waals surface area contributed by atoms with Crippen LogP contribution >= 0.6 is 22.6 Å². The maximum atomic E-state index is 11.6. The molecule has 0 fully saturated rings. The molecular weight excluding hydrogens is 339 g/mol. The number of carbonyl (C=O) groups is 2. The Morgan fingerprint density at radius 2 is 1.94 bits per heavy atom. The summed E-state index contributed by atoms with van der Waals surface area (Å²) in [6, 6.07) is 3.06. The van der Waals surface area contributed by atoms with E-state index in [2.05, 4.69) is 0 Å². The van der Waals surface area contributed by atoms with E-state index in [1.165, 1.54) is 20.3 Å². The molecule has 0 heterocycles. The number of hydrogen-bond donors (Lipinski definition) is 1. The van der Waals surface area contributed by atoms with Gasteiger partial charge in [0, 0.05) is 5.56 Å². The van der Waals surface area contributed by atoms with Gasteiger partial charge in [0.05, 0.1) is 17.8 Å². The molecule has 0 amide bonds. The van der Waals surface area contributed by atoms with Crippen molar-refractivity contribution in [1.82, 2.24) is 0 Å². The van der Waals surface area contributed by atoms with Gasteiger partial charge in [0.1, 0.15) is 6.42 Å². The Morgan fingerprint density at radius 3 is 2.41 bits per heavy atom. The number of halogens is 1. The zero-order chi connectivity index (χ0) is 13.0. The lowest BCUT2D eigenvalue weighted by Gasteiger charge is -2.11. The summed E-state index contributed by atoms with van der Waals surface area (Å²) in [6.07, 6.45) is -0.536. The number of methoxy groups -OCH3 is 2. The van der Waals surface area contributed by atoms with E-state index >= 15 is 0 Å². The van der Waals surface area contributed by atoms with E-state index in [9.17, 15) is 9.59 Å². The van der Waals surface area contributed by atoms with Gasteiger partial charge in [0.25, 0.3) is 0 Å². The van der Waals surface area contributed by atoms with Crippen LogP contribution in [-0.2, 0) is 4.79 Å². The number of ether oxygens (including phenoxy) is 2. The molecule has 0 aliphatic rings. The Balaban J connectivity index is 3.15. The van der Waals surface area contributed by atoms with Gasteiger partial charge in [-0.25, -0.2) is 0 Å². The van der Waals surface area contributed by atoms with Crippen molar-refractivity contribution in [1.29, 1.82) is 0 Å². The number of aliphatic carboxylic acids is 1. The summed E-state index contributed by atoms with van der Waals surface area (Å²) < 4.78 is 10.9. The summed E-state index contributed by atoms with van der Waals surface area (Å²) in [4.78, 5) is 22.1. The first-order chi connectivity index (χ1) is 7.99. The number of carboxylic acid groups (broad SMARTS) is 1. The predicted octanol–water partition coefficient (Wildman–Crippen LogP) is 1.97. The zero-order valence-electron chi connectivity index (χ0n) is 9.32. The van der Waals surface area contributed by atoms with Crippen molar-refractivity contribution in [2.24, 2.45) is 0 Å². The quantitative estimate of drug-likeness (QED) is 0.499. The number of benzene rings is 1. The minimum absolute atomic E-state index is 0.300. The first-order valence-electron chi connectivity index (χ1n) is 4.66. The van der Waals surface area contributed by atoms with Crippen LogP contribution in [0.25, 0.3) is 0 Å². The fraction of sp³-hybridized carbons (Fsp3) is 0.273. The van der Waals surface area contributed by atoms with E-state index in [4.69, 9.17) is 14.6 Å².